The van der Waals surface area contributed by atoms with Crippen LogP contribution >= 0.6 is 0 Å². The van der Waals surface area contributed by atoms with Crippen LogP contribution in [0.1, 0.15) is 53.4 Å². The molecule has 0 aromatic heterocycles. The highest BCUT2D eigenvalue weighted by Crippen LogP contribution is 2.64. The first-order valence-electron chi connectivity index (χ1n) is 11.2. The molecule has 0 fully saturated rings. The summed E-state index contributed by atoms with van der Waals surface area (Å²) in [5, 5.41) is -7.95. The van der Waals surface area contributed by atoms with Gasteiger partial charge in [0, 0.05) is 6.42 Å². The first-order valence-corrected chi connectivity index (χ1v) is 14.4. The Kier molecular flexibility index (Phi) is 13.5. The van der Waals surface area contributed by atoms with Crippen molar-refractivity contribution in [3.8, 4) is 0 Å². The van der Waals surface area contributed by atoms with Gasteiger partial charge in [-0.3, -0.25) is 4.79 Å². The summed E-state index contributed by atoms with van der Waals surface area (Å²) in [5.41, 5.74) is 0. The minimum atomic E-state index is -8.92. The number of carbonyl (C=O) groups excluding carboxylic acids is 1. The lowest BCUT2D eigenvalue weighted by Gasteiger charge is -2.42. The van der Waals surface area contributed by atoms with Crippen molar-refractivity contribution in [3.05, 3.63) is 0 Å². The van der Waals surface area contributed by atoms with Crippen molar-refractivity contribution in [2.75, 3.05) is 12.0 Å². The van der Waals surface area contributed by atoms with Crippen LogP contribution in [0.5, 0.6) is 0 Å². The molecule has 0 saturated heterocycles. The summed E-state index contributed by atoms with van der Waals surface area (Å²) in [7, 11) is -7.92. The molecule has 0 saturated carbocycles. The topological polar surface area (TPSA) is 74.3 Å². The Labute approximate surface area is 236 Å². The van der Waals surface area contributed by atoms with E-state index in [0.29, 0.717) is 10.5 Å². The molecule has 260 valence electrons. The number of carbonyl (C=O) groups is 1. The van der Waals surface area contributed by atoms with E-state index >= 15 is 0 Å². The second-order valence-electron chi connectivity index (χ2n) is 9.80. The normalized spacial score (nSPS) is 16.0. The largest absolute Gasteiger partial charge is 0.743 e. The highest BCUT2D eigenvalue weighted by molar-refractivity contribution is 7.98. The van der Waals surface area contributed by atoms with Gasteiger partial charge in [0.2, 0.25) is 0 Å². The number of halogens is 17. The second kappa shape index (κ2) is 13.2. The van der Waals surface area contributed by atoms with Gasteiger partial charge in [0.1, 0.15) is 4.75 Å². The van der Waals surface area contributed by atoms with Crippen molar-refractivity contribution in [2.24, 2.45) is 0 Å². The van der Waals surface area contributed by atoms with Crippen molar-refractivity contribution >= 4 is 26.8 Å². The zero-order valence-corrected chi connectivity index (χ0v) is 24.0. The standard InChI is InChI=1S/C12H25OS.C8HF17O3S/c1-6-7-8-9-11(13)10-14(5)12(2,3)4;9-1(10,3(13,14)5(17,18)7(21,22)23)2(11,12)4(15,16)6(19,20)8(24,25)29(26,27)28/h6-10H2,1-5H3;(H,26,27,28)/q+1;/p-1. The number of hydrogen-bond acceptors (Lipinski definition) is 4. The van der Waals surface area contributed by atoms with Crippen LogP contribution in [-0.2, 0) is 25.8 Å². The quantitative estimate of drug-likeness (QED) is 0.0849. The predicted octanol–water partition coefficient (Wildman–Crippen LogP) is 7.68. The van der Waals surface area contributed by atoms with Gasteiger partial charge in [-0.25, -0.2) is 8.42 Å². The molecular formula is C20H25F17O4S2. The molecular weight excluding hydrogens is 691 g/mol. The van der Waals surface area contributed by atoms with E-state index < -0.39 is 57.1 Å². The Morgan fingerprint density at radius 1 is 0.628 bits per heavy atom. The van der Waals surface area contributed by atoms with Crippen molar-refractivity contribution < 1.29 is 92.4 Å². The van der Waals surface area contributed by atoms with Crippen LogP contribution in [0.2, 0.25) is 0 Å². The maximum Gasteiger partial charge on any atom is 0.460 e. The first kappa shape index (κ1) is 43.9. The zero-order chi connectivity index (χ0) is 35.7. The zero-order valence-electron chi connectivity index (χ0n) is 22.4. The summed E-state index contributed by atoms with van der Waals surface area (Å²) >= 11 is 0. The molecule has 1 unspecified atom stereocenters. The fourth-order valence-electron chi connectivity index (χ4n) is 2.41. The van der Waals surface area contributed by atoms with Gasteiger partial charge < -0.3 is 4.55 Å². The number of alkyl halides is 17. The lowest BCUT2D eigenvalue weighted by Crippen LogP contribution is -2.75. The number of hydrogen-bond donors (Lipinski definition) is 0. The highest BCUT2D eigenvalue weighted by Gasteiger charge is 2.95. The third kappa shape index (κ3) is 8.32. The van der Waals surface area contributed by atoms with Gasteiger partial charge in [-0.1, -0.05) is 19.8 Å². The van der Waals surface area contributed by atoms with E-state index in [1.54, 1.807) is 0 Å². The van der Waals surface area contributed by atoms with E-state index in [-0.39, 0.29) is 10.9 Å². The molecule has 0 aliphatic carbocycles. The Hall–Kier alpha value is -1.26. The summed E-state index contributed by atoms with van der Waals surface area (Å²) in [6.07, 6.45) is -1.42. The van der Waals surface area contributed by atoms with Crippen LogP contribution in [0.4, 0.5) is 74.6 Å². The molecule has 0 rings (SSSR count). The van der Waals surface area contributed by atoms with Gasteiger partial charge in [0.15, 0.2) is 21.7 Å². The van der Waals surface area contributed by atoms with Crippen molar-refractivity contribution in [1.82, 2.24) is 0 Å². The lowest BCUT2D eigenvalue weighted by atomic mass is 9.91. The summed E-state index contributed by atoms with van der Waals surface area (Å²) < 4.78 is 244. The van der Waals surface area contributed by atoms with Gasteiger partial charge >= 0.3 is 47.0 Å². The molecule has 4 nitrogen and oxygen atoms in total. The molecule has 0 bridgehead atoms. The van der Waals surface area contributed by atoms with Gasteiger partial charge in [-0.15, -0.1) is 0 Å². The Bertz CT molecular complexity index is 1050. The molecule has 0 aromatic carbocycles. The van der Waals surface area contributed by atoms with E-state index in [0.717, 1.165) is 18.6 Å². The molecule has 0 amide bonds. The number of rotatable bonds is 13. The van der Waals surface area contributed by atoms with Crippen LogP contribution in [-0.4, -0.2) is 82.5 Å². The van der Waals surface area contributed by atoms with E-state index in [9.17, 15) is 92.4 Å². The van der Waals surface area contributed by atoms with Gasteiger partial charge in [0.05, 0.1) is 6.26 Å². The maximum absolute atomic E-state index is 13.0. The Balaban J connectivity index is 0. The fourth-order valence-corrected chi connectivity index (χ4v) is 3.91. The van der Waals surface area contributed by atoms with E-state index in [4.69, 9.17) is 0 Å². The smallest absolute Gasteiger partial charge is 0.460 e. The number of ketones is 1. The van der Waals surface area contributed by atoms with Gasteiger partial charge in [-0.05, 0) is 38.1 Å². The molecule has 0 heterocycles. The second-order valence-corrected chi connectivity index (χ2v) is 14.0. The van der Waals surface area contributed by atoms with Crippen molar-refractivity contribution in [2.45, 2.75) is 105 Å². The number of unbranched alkanes of at least 4 members (excludes halogenated alkanes) is 2. The van der Waals surface area contributed by atoms with Crippen LogP contribution in [0.25, 0.3) is 0 Å². The van der Waals surface area contributed by atoms with Crippen molar-refractivity contribution in [3.63, 3.8) is 0 Å². The molecule has 23 heteroatoms. The van der Waals surface area contributed by atoms with Crippen LogP contribution in [0, 0.1) is 0 Å². The lowest BCUT2D eigenvalue weighted by molar-refractivity contribution is -0.458. The maximum atomic E-state index is 13.0. The molecule has 43 heavy (non-hydrogen) atoms. The molecule has 1 atom stereocenters. The van der Waals surface area contributed by atoms with E-state index in [2.05, 4.69) is 34.0 Å². The van der Waals surface area contributed by atoms with Crippen LogP contribution in [0.3, 0.4) is 0 Å². The van der Waals surface area contributed by atoms with E-state index in [1.165, 1.54) is 12.8 Å². The molecule has 0 aliphatic rings. The average molecular weight is 717 g/mol. The predicted molar refractivity (Wildman–Crippen MR) is 117 cm³/mol. The highest BCUT2D eigenvalue weighted by atomic mass is 32.2. The monoisotopic (exact) mass is 716 g/mol. The third-order valence-electron chi connectivity index (χ3n) is 5.49. The molecule has 0 radical (unpaired) electrons. The van der Waals surface area contributed by atoms with E-state index in [1.807, 2.05) is 0 Å². The summed E-state index contributed by atoms with van der Waals surface area (Å²) in [6, 6.07) is 0. The minimum absolute atomic E-state index is 0.228. The summed E-state index contributed by atoms with van der Waals surface area (Å²) in [5.74, 6) is -50.9. The minimum Gasteiger partial charge on any atom is -0.743 e. The van der Waals surface area contributed by atoms with Gasteiger partial charge in [-0.2, -0.15) is 74.6 Å². The Morgan fingerprint density at radius 3 is 1.23 bits per heavy atom. The molecule has 0 aromatic rings. The van der Waals surface area contributed by atoms with Crippen LogP contribution in [0.15, 0.2) is 0 Å². The van der Waals surface area contributed by atoms with Gasteiger partial charge in [0.25, 0.3) is 0 Å². The van der Waals surface area contributed by atoms with Crippen molar-refractivity contribution in [1.29, 1.82) is 0 Å². The third-order valence-corrected chi connectivity index (χ3v) is 9.22. The average Bonchev–Trinajstić information content (AvgIpc) is 2.76. The fraction of sp³-hybridized carbons (Fsp3) is 0.950. The SMILES string of the molecule is CCCCCC(=O)C[S+](C)C(C)(C)C.O=S(=O)([O-])C(F)(F)C(F)(F)C(F)(F)C(F)(F)C(F)(F)C(F)(F)C(F)(F)C(F)(F)F. The van der Waals surface area contributed by atoms with Crippen LogP contribution < -0.4 is 0 Å². The Morgan fingerprint density at radius 2 is 0.953 bits per heavy atom. The summed E-state index contributed by atoms with van der Waals surface area (Å²) in [4.78, 5) is 11.6. The molecule has 0 N–H and O–H groups in total. The first-order chi connectivity index (χ1) is 18.4. The molecule has 0 spiro atoms. The summed E-state index contributed by atoms with van der Waals surface area (Å²) in [6.45, 7) is 8.82. The number of Topliss-reactive ketones (excluding diaryl/α,β-unsaturated/α-hetero) is 1. The molecule has 0 aliphatic heterocycles.